The molecular formula is C19H16BrNO3. The normalized spacial score (nSPS) is 10.5. The molecule has 0 aromatic heterocycles. The molecule has 0 unspecified atom stereocenters. The Morgan fingerprint density at radius 2 is 1.67 bits per heavy atom. The van der Waals surface area contributed by atoms with Crippen molar-refractivity contribution in [1.29, 1.82) is 0 Å². The van der Waals surface area contributed by atoms with Crippen LogP contribution in [0.15, 0.2) is 59.1 Å². The van der Waals surface area contributed by atoms with E-state index in [1.165, 1.54) is 0 Å². The van der Waals surface area contributed by atoms with E-state index in [4.69, 9.17) is 9.47 Å². The molecule has 5 heteroatoms. The van der Waals surface area contributed by atoms with Crippen molar-refractivity contribution in [2.75, 3.05) is 19.5 Å². The van der Waals surface area contributed by atoms with Gasteiger partial charge in [-0.05, 0) is 47.9 Å². The van der Waals surface area contributed by atoms with Gasteiger partial charge in [-0.15, -0.1) is 0 Å². The molecule has 0 heterocycles. The molecular weight excluding hydrogens is 370 g/mol. The summed E-state index contributed by atoms with van der Waals surface area (Å²) in [6, 6.07) is 16.6. The van der Waals surface area contributed by atoms with Gasteiger partial charge in [0.15, 0.2) is 0 Å². The summed E-state index contributed by atoms with van der Waals surface area (Å²) >= 11 is 3.54. The lowest BCUT2D eigenvalue weighted by molar-refractivity contribution is 0.102. The minimum atomic E-state index is -0.205. The van der Waals surface area contributed by atoms with E-state index in [2.05, 4.69) is 21.2 Å². The van der Waals surface area contributed by atoms with Gasteiger partial charge in [0.05, 0.1) is 19.9 Å². The average molecular weight is 386 g/mol. The number of amides is 1. The van der Waals surface area contributed by atoms with Gasteiger partial charge in [0.25, 0.3) is 5.91 Å². The molecule has 0 bridgehead atoms. The highest BCUT2D eigenvalue weighted by Crippen LogP contribution is 2.36. The van der Waals surface area contributed by atoms with Crippen LogP contribution in [-0.4, -0.2) is 20.1 Å². The maximum atomic E-state index is 12.6. The Morgan fingerprint density at radius 3 is 2.33 bits per heavy atom. The molecule has 3 aromatic rings. The lowest BCUT2D eigenvalue weighted by Gasteiger charge is -2.14. The molecule has 0 spiro atoms. The van der Waals surface area contributed by atoms with Crippen LogP contribution in [0, 0.1) is 0 Å². The fourth-order valence-corrected chi connectivity index (χ4v) is 3.02. The van der Waals surface area contributed by atoms with Crippen molar-refractivity contribution in [2.45, 2.75) is 0 Å². The smallest absolute Gasteiger partial charge is 0.255 e. The molecule has 4 nitrogen and oxygen atoms in total. The van der Waals surface area contributed by atoms with Crippen LogP contribution in [-0.2, 0) is 0 Å². The van der Waals surface area contributed by atoms with Crippen LogP contribution >= 0.6 is 15.9 Å². The summed E-state index contributed by atoms with van der Waals surface area (Å²) in [6.07, 6.45) is 0. The molecule has 0 aliphatic rings. The molecule has 0 fully saturated rings. The molecule has 0 saturated heterocycles. The predicted molar refractivity (Wildman–Crippen MR) is 99.1 cm³/mol. The first-order valence-electron chi connectivity index (χ1n) is 7.34. The van der Waals surface area contributed by atoms with Crippen LogP contribution in [0.25, 0.3) is 10.8 Å². The summed E-state index contributed by atoms with van der Waals surface area (Å²) in [5.41, 5.74) is 1.20. The molecule has 1 N–H and O–H groups in total. The van der Waals surface area contributed by atoms with Crippen molar-refractivity contribution in [3.05, 3.63) is 64.6 Å². The second-order valence-electron chi connectivity index (χ2n) is 5.16. The largest absolute Gasteiger partial charge is 0.497 e. The van der Waals surface area contributed by atoms with Crippen LogP contribution in [0.4, 0.5) is 5.69 Å². The maximum absolute atomic E-state index is 12.6. The molecule has 122 valence electrons. The number of hydrogen-bond donors (Lipinski definition) is 1. The van der Waals surface area contributed by atoms with E-state index in [1.807, 2.05) is 30.3 Å². The SMILES string of the molecule is COc1ccc(C(=O)Nc2c(OC)ccc3c(Br)cccc23)cc1. The average Bonchev–Trinajstić information content (AvgIpc) is 2.62. The van der Waals surface area contributed by atoms with Gasteiger partial charge >= 0.3 is 0 Å². The predicted octanol–water partition coefficient (Wildman–Crippen LogP) is 4.87. The summed E-state index contributed by atoms with van der Waals surface area (Å²) in [7, 11) is 3.18. The van der Waals surface area contributed by atoms with Gasteiger partial charge in [-0.1, -0.05) is 28.1 Å². The third kappa shape index (κ3) is 3.08. The summed E-state index contributed by atoms with van der Waals surface area (Å²) < 4.78 is 11.5. The Kier molecular flexibility index (Phi) is 4.71. The summed E-state index contributed by atoms with van der Waals surface area (Å²) in [5.74, 6) is 1.11. The molecule has 24 heavy (non-hydrogen) atoms. The van der Waals surface area contributed by atoms with Gasteiger partial charge in [-0.2, -0.15) is 0 Å². The molecule has 0 aliphatic heterocycles. The number of anilines is 1. The van der Waals surface area contributed by atoms with Gasteiger partial charge in [0, 0.05) is 15.4 Å². The number of rotatable bonds is 4. The second-order valence-corrected chi connectivity index (χ2v) is 6.01. The highest BCUT2D eigenvalue weighted by Gasteiger charge is 2.14. The number of methoxy groups -OCH3 is 2. The first-order chi connectivity index (χ1) is 11.6. The Hall–Kier alpha value is -2.53. The van der Waals surface area contributed by atoms with Gasteiger partial charge in [-0.3, -0.25) is 4.79 Å². The van der Waals surface area contributed by atoms with Gasteiger partial charge in [0.1, 0.15) is 11.5 Å². The van der Waals surface area contributed by atoms with Gasteiger partial charge in [0.2, 0.25) is 0 Å². The number of ether oxygens (including phenoxy) is 2. The van der Waals surface area contributed by atoms with Crippen LogP contribution in [0.1, 0.15) is 10.4 Å². The van der Waals surface area contributed by atoms with Crippen molar-refractivity contribution in [1.82, 2.24) is 0 Å². The van der Waals surface area contributed by atoms with Crippen LogP contribution in [0.5, 0.6) is 11.5 Å². The summed E-state index contributed by atoms with van der Waals surface area (Å²) in [6.45, 7) is 0. The fourth-order valence-electron chi connectivity index (χ4n) is 2.53. The zero-order chi connectivity index (χ0) is 17.1. The Balaban J connectivity index is 2.01. The van der Waals surface area contributed by atoms with Crippen LogP contribution < -0.4 is 14.8 Å². The Bertz CT molecular complexity index is 891. The molecule has 3 rings (SSSR count). The van der Waals surface area contributed by atoms with E-state index in [-0.39, 0.29) is 5.91 Å². The highest BCUT2D eigenvalue weighted by molar-refractivity contribution is 9.10. The fraction of sp³-hybridized carbons (Fsp3) is 0.105. The monoisotopic (exact) mass is 385 g/mol. The number of fused-ring (bicyclic) bond motifs is 1. The van der Waals surface area contributed by atoms with Crippen molar-refractivity contribution in [3.8, 4) is 11.5 Å². The standard InChI is InChI=1S/C19H16BrNO3/c1-23-13-8-6-12(7-9-13)19(22)21-18-15-4-3-5-16(20)14(15)10-11-17(18)24-2/h3-11H,1-2H3,(H,21,22). The summed E-state index contributed by atoms with van der Waals surface area (Å²) in [5, 5.41) is 4.87. The summed E-state index contributed by atoms with van der Waals surface area (Å²) in [4.78, 5) is 12.6. The van der Waals surface area contributed by atoms with Crippen molar-refractivity contribution in [2.24, 2.45) is 0 Å². The first kappa shape index (κ1) is 16.3. The van der Waals surface area contributed by atoms with Crippen molar-refractivity contribution >= 4 is 38.3 Å². The zero-order valence-electron chi connectivity index (χ0n) is 13.3. The third-order valence-electron chi connectivity index (χ3n) is 3.78. The van der Waals surface area contributed by atoms with E-state index in [9.17, 15) is 4.79 Å². The van der Waals surface area contributed by atoms with Crippen LogP contribution in [0.3, 0.4) is 0 Å². The van der Waals surface area contributed by atoms with Gasteiger partial charge in [-0.25, -0.2) is 0 Å². The molecule has 0 aliphatic carbocycles. The zero-order valence-corrected chi connectivity index (χ0v) is 14.9. The Labute approximate surface area is 148 Å². The van der Waals surface area contributed by atoms with E-state index in [1.54, 1.807) is 38.5 Å². The number of carbonyl (C=O) groups excluding carboxylic acids is 1. The maximum Gasteiger partial charge on any atom is 0.255 e. The lowest BCUT2D eigenvalue weighted by Crippen LogP contribution is -2.13. The number of carbonyl (C=O) groups is 1. The van der Waals surface area contributed by atoms with E-state index < -0.39 is 0 Å². The first-order valence-corrected chi connectivity index (χ1v) is 8.14. The molecule has 0 saturated carbocycles. The lowest BCUT2D eigenvalue weighted by atomic mass is 10.1. The van der Waals surface area contributed by atoms with E-state index >= 15 is 0 Å². The molecule has 0 atom stereocenters. The van der Waals surface area contributed by atoms with Crippen LogP contribution in [0.2, 0.25) is 0 Å². The van der Waals surface area contributed by atoms with E-state index in [0.717, 1.165) is 15.2 Å². The Morgan fingerprint density at radius 1 is 0.917 bits per heavy atom. The highest BCUT2D eigenvalue weighted by atomic mass is 79.9. The topological polar surface area (TPSA) is 47.6 Å². The quantitative estimate of drug-likeness (QED) is 0.696. The number of hydrogen-bond acceptors (Lipinski definition) is 3. The third-order valence-corrected chi connectivity index (χ3v) is 4.47. The van der Waals surface area contributed by atoms with Crippen molar-refractivity contribution < 1.29 is 14.3 Å². The second kappa shape index (κ2) is 6.93. The molecule has 3 aromatic carbocycles. The number of halogens is 1. The number of benzene rings is 3. The molecule has 1 amide bonds. The minimum Gasteiger partial charge on any atom is -0.497 e. The molecule has 0 radical (unpaired) electrons. The van der Waals surface area contributed by atoms with Gasteiger partial charge < -0.3 is 14.8 Å². The van der Waals surface area contributed by atoms with Crippen molar-refractivity contribution in [3.63, 3.8) is 0 Å². The van der Waals surface area contributed by atoms with E-state index in [0.29, 0.717) is 22.7 Å². The number of nitrogens with one attached hydrogen (secondary N) is 1. The minimum absolute atomic E-state index is 0.205.